The van der Waals surface area contributed by atoms with Crippen LogP contribution in [0.2, 0.25) is 0 Å². The third-order valence-electron chi connectivity index (χ3n) is 0.826. The van der Waals surface area contributed by atoms with E-state index in [1.54, 1.807) is 0 Å². The molecule has 1 nitrogen and oxygen atoms in total. The van der Waals surface area contributed by atoms with Crippen LogP contribution in [0.3, 0.4) is 0 Å². The summed E-state index contributed by atoms with van der Waals surface area (Å²) in [7, 11) is 0. The van der Waals surface area contributed by atoms with Gasteiger partial charge in [0.2, 0.25) is 0 Å². The van der Waals surface area contributed by atoms with Gasteiger partial charge in [-0.2, -0.15) is 0 Å². The number of ketones is 1. The highest BCUT2D eigenvalue weighted by molar-refractivity contribution is 9.10. The lowest BCUT2D eigenvalue weighted by atomic mass is 10.2. The molecule has 0 aliphatic carbocycles. The van der Waals surface area contributed by atoms with Gasteiger partial charge in [-0.3, -0.25) is 4.79 Å². The van der Waals surface area contributed by atoms with Crippen molar-refractivity contribution in [1.82, 2.24) is 0 Å². The third-order valence-corrected chi connectivity index (χ3v) is 2.20. The van der Waals surface area contributed by atoms with Gasteiger partial charge in [-0.25, -0.2) is 0 Å². The number of Topliss-reactive ketones (excluding diaryl/α,β-unsaturated/α-hetero) is 1. The minimum absolute atomic E-state index is 0.0568. The van der Waals surface area contributed by atoms with Crippen LogP contribution in [-0.2, 0) is 4.79 Å². The van der Waals surface area contributed by atoms with Gasteiger partial charge in [0.05, 0.1) is 4.83 Å². The fourth-order valence-electron chi connectivity index (χ4n) is 0.322. The molecule has 0 N–H and O–H groups in total. The van der Waals surface area contributed by atoms with Crippen molar-refractivity contribution in [2.24, 2.45) is 0 Å². The normalized spacial score (nSPS) is 13.9. The molecule has 0 amide bonds. The summed E-state index contributed by atoms with van der Waals surface area (Å²) in [5.41, 5.74) is 0. The highest BCUT2D eigenvalue weighted by atomic mass is 79.9. The summed E-state index contributed by atoms with van der Waals surface area (Å²) >= 11 is 13.9. The van der Waals surface area contributed by atoms with Gasteiger partial charge < -0.3 is 0 Å². The maximum atomic E-state index is 10.5. The van der Waals surface area contributed by atoms with Crippen LogP contribution >= 0.6 is 39.1 Å². The molecule has 0 heterocycles. The van der Waals surface area contributed by atoms with Crippen LogP contribution < -0.4 is 0 Å². The average Bonchev–Trinajstić information content (AvgIpc) is 1.63. The smallest absolute Gasteiger partial charge is 0.143 e. The summed E-state index contributed by atoms with van der Waals surface area (Å²) < 4.78 is 0. The Kier molecular flexibility index (Phi) is 4.90. The summed E-state index contributed by atoms with van der Waals surface area (Å²) in [5.74, 6) is 0.0568. The van der Waals surface area contributed by atoms with Crippen molar-refractivity contribution >= 4 is 44.9 Å². The minimum Gasteiger partial charge on any atom is -0.299 e. The molecule has 0 saturated carbocycles. The molecule has 0 fully saturated rings. The first-order chi connectivity index (χ1) is 4.04. The van der Waals surface area contributed by atoms with Gasteiger partial charge in [0.25, 0.3) is 0 Å². The summed E-state index contributed by atoms with van der Waals surface area (Å²) in [5, 5.41) is 0. The molecule has 1 atom stereocenters. The van der Waals surface area contributed by atoms with Crippen LogP contribution in [0.25, 0.3) is 0 Å². The zero-order valence-electron chi connectivity index (χ0n) is 4.90. The zero-order valence-corrected chi connectivity index (χ0v) is 8.00. The zero-order chi connectivity index (χ0) is 7.44. The van der Waals surface area contributed by atoms with E-state index in [-0.39, 0.29) is 10.6 Å². The predicted molar refractivity (Wildman–Crippen MR) is 43.5 cm³/mol. The first-order valence-corrected chi connectivity index (χ1v) is 4.25. The number of alkyl halides is 3. The highest BCUT2D eigenvalue weighted by Gasteiger charge is 2.12. The Morgan fingerprint density at radius 2 is 2.11 bits per heavy atom. The van der Waals surface area contributed by atoms with Crippen LogP contribution in [-0.4, -0.2) is 15.4 Å². The topological polar surface area (TPSA) is 17.1 Å². The van der Waals surface area contributed by atoms with Gasteiger partial charge in [-0.1, -0.05) is 15.9 Å². The van der Waals surface area contributed by atoms with Gasteiger partial charge in [0, 0.05) is 0 Å². The van der Waals surface area contributed by atoms with Crippen molar-refractivity contribution in [1.29, 1.82) is 0 Å². The fraction of sp³-hybridized carbons (Fsp3) is 0.800. The average molecular weight is 234 g/mol. The molecule has 0 aromatic heterocycles. The monoisotopic (exact) mass is 232 g/mol. The van der Waals surface area contributed by atoms with Crippen molar-refractivity contribution in [3.63, 3.8) is 0 Å². The Morgan fingerprint density at radius 1 is 1.67 bits per heavy atom. The van der Waals surface area contributed by atoms with E-state index in [0.717, 1.165) is 0 Å². The molecule has 0 bridgehead atoms. The molecule has 0 radical (unpaired) electrons. The quantitative estimate of drug-likeness (QED) is 0.685. The van der Waals surface area contributed by atoms with E-state index >= 15 is 0 Å². The van der Waals surface area contributed by atoms with Crippen LogP contribution in [0.4, 0.5) is 0 Å². The standard InChI is InChI=1S/C5H7BrCl2O/c1-3(9)4(6)2-5(7)8/h4-5H,2H2,1H3. The molecule has 1 unspecified atom stereocenters. The molecule has 0 aromatic rings. The molecular formula is C5H7BrCl2O. The Balaban J connectivity index is 3.50. The van der Waals surface area contributed by atoms with Gasteiger partial charge in [-0.05, 0) is 13.3 Å². The second-order valence-corrected chi connectivity index (χ2v) is 4.09. The summed E-state index contributed by atoms with van der Waals surface area (Å²) in [6.45, 7) is 1.50. The van der Waals surface area contributed by atoms with E-state index < -0.39 is 4.84 Å². The van der Waals surface area contributed by atoms with Crippen molar-refractivity contribution in [3.8, 4) is 0 Å². The molecule has 0 aliphatic heterocycles. The van der Waals surface area contributed by atoms with Gasteiger partial charge in [0.1, 0.15) is 10.6 Å². The van der Waals surface area contributed by atoms with Gasteiger partial charge in [0.15, 0.2) is 0 Å². The van der Waals surface area contributed by atoms with Crippen molar-refractivity contribution in [2.45, 2.75) is 23.0 Å². The number of hydrogen-bond donors (Lipinski definition) is 0. The van der Waals surface area contributed by atoms with Crippen LogP contribution in [0, 0.1) is 0 Å². The Bertz CT molecular complexity index is 105. The van der Waals surface area contributed by atoms with E-state index in [1.807, 2.05) is 0 Å². The predicted octanol–water partition coefficient (Wildman–Crippen LogP) is 2.53. The maximum absolute atomic E-state index is 10.5. The molecule has 0 rings (SSSR count). The largest absolute Gasteiger partial charge is 0.299 e. The number of rotatable bonds is 3. The lowest BCUT2D eigenvalue weighted by molar-refractivity contribution is -0.116. The van der Waals surface area contributed by atoms with Gasteiger partial charge >= 0.3 is 0 Å². The lowest BCUT2D eigenvalue weighted by Gasteiger charge is -2.03. The van der Waals surface area contributed by atoms with Crippen molar-refractivity contribution in [3.05, 3.63) is 0 Å². The van der Waals surface area contributed by atoms with E-state index in [1.165, 1.54) is 6.92 Å². The second kappa shape index (κ2) is 4.53. The first kappa shape index (κ1) is 9.73. The Hall–Kier alpha value is 0.730. The second-order valence-electron chi connectivity index (χ2n) is 1.70. The van der Waals surface area contributed by atoms with E-state index in [2.05, 4.69) is 15.9 Å². The molecule has 0 spiro atoms. The number of hydrogen-bond acceptors (Lipinski definition) is 1. The van der Waals surface area contributed by atoms with E-state index in [4.69, 9.17) is 23.2 Å². The molecular weight excluding hydrogens is 227 g/mol. The molecule has 4 heteroatoms. The molecule has 0 aliphatic rings. The van der Waals surface area contributed by atoms with Crippen LogP contribution in [0.5, 0.6) is 0 Å². The summed E-state index contributed by atoms with van der Waals surface area (Å²) in [6, 6.07) is 0. The maximum Gasteiger partial charge on any atom is 0.143 e. The third kappa shape index (κ3) is 5.19. The molecule has 0 aromatic carbocycles. The van der Waals surface area contributed by atoms with E-state index in [9.17, 15) is 4.79 Å². The Labute approximate surface area is 72.8 Å². The number of halogens is 3. The SMILES string of the molecule is CC(=O)C(Br)CC(Cl)Cl. The van der Waals surface area contributed by atoms with Crippen LogP contribution in [0.15, 0.2) is 0 Å². The Morgan fingerprint density at radius 3 is 2.22 bits per heavy atom. The van der Waals surface area contributed by atoms with Gasteiger partial charge in [-0.15, -0.1) is 23.2 Å². The van der Waals surface area contributed by atoms with Crippen molar-refractivity contribution < 1.29 is 4.79 Å². The first-order valence-electron chi connectivity index (χ1n) is 2.46. The number of carbonyl (C=O) groups is 1. The molecule has 54 valence electrons. The molecule has 0 saturated heterocycles. The lowest BCUT2D eigenvalue weighted by Crippen LogP contribution is -2.12. The minimum atomic E-state index is -0.460. The van der Waals surface area contributed by atoms with Crippen LogP contribution in [0.1, 0.15) is 13.3 Å². The molecule has 9 heavy (non-hydrogen) atoms. The van der Waals surface area contributed by atoms with E-state index in [0.29, 0.717) is 6.42 Å². The summed E-state index contributed by atoms with van der Waals surface area (Å²) in [6.07, 6.45) is 0.471. The number of carbonyl (C=O) groups excluding carboxylic acids is 1. The summed E-state index contributed by atoms with van der Waals surface area (Å²) in [4.78, 5) is 9.86. The highest BCUT2D eigenvalue weighted by Crippen LogP contribution is 2.16. The van der Waals surface area contributed by atoms with Crippen molar-refractivity contribution in [2.75, 3.05) is 0 Å². The fourth-order valence-corrected chi connectivity index (χ4v) is 1.48.